The van der Waals surface area contributed by atoms with Crippen LogP contribution in [-0.4, -0.2) is 57.6 Å². The number of rotatable bonds is 8. The van der Waals surface area contributed by atoms with Crippen molar-refractivity contribution in [2.75, 3.05) is 18.4 Å². The zero-order valence-electron chi connectivity index (χ0n) is 17.9. The van der Waals surface area contributed by atoms with Crippen molar-refractivity contribution in [2.24, 2.45) is 11.8 Å². The summed E-state index contributed by atoms with van der Waals surface area (Å²) in [5.74, 6) is -0.328. The van der Waals surface area contributed by atoms with Crippen LogP contribution in [-0.2, 0) is 14.4 Å². The van der Waals surface area contributed by atoms with Crippen molar-refractivity contribution in [3.8, 4) is 0 Å². The van der Waals surface area contributed by atoms with Crippen molar-refractivity contribution in [1.29, 1.82) is 0 Å². The molecule has 1 aromatic carbocycles. The molecular formula is C23H29N5O4. The van der Waals surface area contributed by atoms with Gasteiger partial charge in [0.2, 0.25) is 18.2 Å². The first kappa shape index (κ1) is 22.2. The highest BCUT2D eigenvalue weighted by molar-refractivity contribution is 6.03. The molecule has 32 heavy (non-hydrogen) atoms. The summed E-state index contributed by atoms with van der Waals surface area (Å²) in [6.45, 7) is 0.399. The number of amides is 3. The lowest BCUT2D eigenvalue weighted by molar-refractivity contribution is -0.159. The molecule has 0 unspecified atom stereocenters. The van der Waals surface area contributed by atoms with E-state index in [1.165, 1.54) is 5.01 Å². The highest BCUT2D eigenvalue weighted by atomic mass is 16.5. The molecule has 2 aliphatic rings. The lowest BCUT2D eigenvalue weighted by Crippen LogP contribution is -2.51. The van der Waals surface area contributed by atoms with Crippen LogP contribution < -0.4 is 10.7 Å². The largest absolute Gasteiger partial charge is 0.308 e. The van der Waals surface area contributed by atoms with Crippen LogP contribution in [0.2, 0.25) is 0 Å². The molecule has 1 aliphatic heterocycles. The lowest BCUT2D eigenvalue weighted by Gasteiger charge is -2.29. The van der Waals surface area contributed by atoms with Crippen molar-refractivity contribution >= 4 is 34.8 Å². The summed E-state index contributed by atoms with van der Waals surface area (Å²) in [5, 5.41) is 16.3. The predicted octanol–water partition coefficient (Wildman–Crippen LogP) is 2.32. The number of hydroxylamine groups is 2. The topological polar surface area (TPSA) is 115 Å². The van der Waals surface area contributed by atoms with Gasteiger partial charge in [0.25, 0.3) is 0 Å². The van der Waals surface area contributed by atoms with E-state index in [2.05, 4.69) is 15.7 Å². The van der Waals surface area contributed by atoms with Crippen molar-refractivity contribution < 1.29 is 19.6 Å². The number of fused-ring (bicyclic) bond motifs is 1. The fourth-order valence-corrected chi connectivity index (χ4v) is 4.83. The summed E-state index contributed by atoms with van der Waals surface area (Å²) >= 11 is 0. The van der Waals surface area contributed by atoms with E-state index in [0.717, 1.165) is 36.5 Å². The third kappa shape index (κ3) is 4.89. The van der Waals surface area contributed by atoms with Gasteiger partial charge in [-0.2, -0.15) is 0 Å². The number of hydrogen-bond acceptors (Lipinski definition) is 6. The quantitative estimate of drug-likeness (QED) is 0.330. The molecule has 1 aliphatic carbocycles. The first-order valence-corrected chi connectivity index (χ1v) is 11.2. The number of nitrogens with one attached hydrogen (secondary N) is 2. The monoisotopic (exact) mass is 439 g/mol. The predicted molar refractivity (Wildman–Crippen MR) is 118 cm³/mol. The van der Waals surface area contributed by atoms with Gasteiger partial charge in [-0.3, -0.25) is 24.6 Å². The number of anilines is 1. The average Bonchev–Trinajstić information content (AvgIpc) is 3.50. The van der Waals surface area contributed by atoms with Crippen LogP contribution in [0.4, 0.5) is 5.82 Å². The molecule has 9 nitrogen and oxygen atoms in total. The van der Waals surface area contributed by atoms with Gasteiger partial charge < -0.3 is 5.32 Å². The Balaban J connectivity index is 1.49. The summed E-state index contributed by atoms with van der Waals surface area (Å²) < 4.78 is 0. The van der Waals surface area contributed by atoms with Crippen LogP contribution in [0.3, 0.4) is 0 Å². The number of aromatic nitrogens is 1. The molecule has 9 heteroatoms. The summed E-state index contributed by atoms with van der Waals surface area (Å²) in [6.07, 6.45) is 7.35. The average molecular weight is 440 g/mol. The molecule has 3 amide bonds. The molecule has 0 spiro atoms. The fourth-order valence-electron chi connectivity index (χ4n) is 4.83. The Bertz CT molecular complexity index is 973. The third-order valence-corrected chi connectivity index (χ3v) is 6.44. The molecule has 2 atom stereocenters. The number of pyridine rings is 1. The Kier molecular flexibility index (Phi) is 6.96. The molecule has 3 N–H and O–H groups in total. The minimum absolute atomic E-state index is 0.0871. The van der Waals surface area contributed by atoms with Gasteiger partial charge in [-0.25, -0.2) is 15.5 Å². The number of carbonyl (C=O) groups excluding carboxylic acids is 3. The van der Waals surface area contributed by atoms with E-state index < -0.39 is 12.0 Å². The smallest absolute Gasteiger partial charge is 0.250 e. The summed E-state index contributed by atoms with van der Waals surface area (Å²) in [4.78, 5) is 41.8. The molecule has 170 valence electrons. The van der Waals surface area contributed by atoms with Crippen LogP contribution in [0.5, 0.6) is 0 Å². The van der Waals surface area contributed by atoms with Crippen molar-refractivity contribution in [3.05, 3.63) is 36.5 Å². The van der Waals surface area contributed by atoms with Gasteiger partial charge >= 0.3 is 0 Å². The van der Waals surface area contributed by atoms with Crippen LogP contribution in [0.1, 0.15) is 38.5 Å². The van der Waals surface area contributed by atoms with E-state index >= 15 is 0 Å². The van der Waals surface area contributed by atoms with Gasteiger partial charge in [-0.05, 0) is 30.2 Å². The molecule has 1 aromatic heterocycles. The number of hydrogen-bond donors (Lipinski definition) is 3. The Morgan fingerprint density at radius 2 is 2.03 bits per heavy atom. The van der Waals surface area contributed by atoms with Crippen LogP contribution in [0.15, 0.2) is 36.5 Å². The lowest BCUT2D eigenvalue weighted by atomic mass is 9.92. The number of nitrogens with zero attached hydrogens (tertiary/aromatic N) is 3. The summed E-state index contributed by atoms with van der Waals surface area (Å²) in [5.41, 5.74) is 3.02. The first-order chi connectivity index (χ1) is 15.6. The van der Waals surface area contributed by atoms with E-state index in [9.17, 15) is 19.6 Å². The van der Waals surface area contributed by atoms with Gasteiger partial charge in [-0.1, -0.05) is 49.9 Å². The summed E-state index contributed by atoms with van der Waals surface area (Å²) in [6, 6.07) is 8.82. The Morgan fingerprint density at radius 3 is 2.81 bits per heavy atom. The zero-order valence-corrected chi connectivity index (χ0v) is 17.9. The minimum atomic E-state index is -0.697. The van der Waals surface area contributed by atoms with E-state index in [0.29, 0.717) is 42.6 Å². The molecule has 4 rings (SSSR count). The maximum absolute atomic E-state index is 13.4. The Labute approximate surface area is 186 Å². The standard InChI is InChI=1S/C23H29N5O4/c29-15-27(32)14-18(13-16-5-1-2-6-16)23(31)28-20(10-12-25-28)22(30)26-21-19-8-4-3-7-17(19)9-11-24-21/h3-4,7-9,11,15-16,18,20,25,32H,1-2,5-6,10,12-14H2,(H,24,26,30)/t18-,20+/m1/s1. The van der Waals surface area contributed by atoms with Gasteiger partial charge in [0.15, 0.2) is 0 Å². The van der Waals surface area contributed by atoms with Gasteiger partial charge in [-0.15, -0.1) is 0 Å². The second-order valence-electron chi connectivity index (χ2n) is 8.60. The van der Waals surface area contributed by atoms with Crippen LogP contribution >= 0.6 is 0 Å². The Hall–Kier alpha value is -3.04. The third-order valence-electron chi connectivity index (χ3n) is 6.44. The van der Waals surface area contributed by atoms with Crippen molar-refractivity contribution in [2.45, 2.75) is 44.6 Å². The molecule has 0 radical (unpaired) electrons. The highest BCUT2D eigenvalue weighted by Gasteiger charge is 2.39. The zero-order chi connectivity index (χ0) is 22.5. The fraction of sp³-hybridized carbons (Fsp3) is 0.478. The second-order valence-corrected chi connectivity index (χ2v) is 8.60. The number of benzene rings is 1. The van der Waals surface area contributed by atoms with Crippen molar-refractivity contribution in [3.63, 3.8) is 0 Å². The van der Waals surface area contributed by atoms with Crippen LogP contribution in [0, 0.1) is 11.8 Å². The molecular weight excluding hydrogens is 410 g/mol. The second kappa shape index (κ2) is 10.1. The normalized spacial score (nSPS) is 19.8. The van der Waals surface area contributed by atoms with Crippen LogP contribution in [0.25, 0.3) is 10.8 Å². The maximum Gasteiger partial charge on any atom is 0.250 e. The van der Waals surface area contributed by atoms with E-state index in [-0.39, 0.29) is 18.4 Å². The maximum atomic E-state index is 13.4. The van der Waals surface area contributed by atoms with E-state index in [1.54, 1.807) is 6.20 Å². The van der Waals surface area contributed by atoms with Gasteiger partial charge in [0.1, 0.15) is 11.9 Å². The van der Waals surface area contributed by atoms with E-state index in [4.69, 9.17) is 0 Å². The number of carbonyl (C=O) groups is 3. The van der Waals surface area contributed by atoms with Crippen molar-refractivity contribution in [1.82, 2.24) is 20.5 Å². The summed E-state index contributed by atoms with van der Waals surface area (Å²) in [7, 11) is 0. The molecule has 1 saturated carbocycles. The Morgan fingerprint density at radius 1 is 1.25 bits per heavy atom. The SMILES string of the molecule is O=CN(O)C[C@@H](CC1CCCC1)C(=O)N1NCC[C@H]1C(=O)Nc1nccc2ccccc12. The minimum Gasteiger partial charge on any atom is -0.308 e. The van der Waals surface area contributed by atoms with E-state index in [1.807, 2.05) is 30.3 Å². The highest BCUT2D eigenvalue weighted by Crippen LogP contribution is 2.32. The molecule has 2 aromatic rings. The molecule has 0 bridgehead atoms. The van der Waals surface area contributed by atoms with Gasteiger partial charge in [0, 0.05) is 18.1 Å². The molecule has 1 saturated heterocycles. The molecule has 2 heterocycles. The number of hydrazine groups is 1. The molecule has 2 fully saturated rings. The van der Waals surface area contributed by atoms with Gasteiger partial charge in [0.05, 0.1) is 12.5 Å². The first-order valence-electron chi connectivity index (χ1n) is 11.2.